The molecule has 0 aromatic rings. The van der Waals surface area contributed by atoms with Crippen molar-refractivity contribution in [2.24, 2.45) is 0 Å². The topological polar surface area (TPSA) is 116 Å². The van der Waals surface area contributed by atoms with E-state index in [0.717, 1.165) is 13.0 Å². The molecule has 27 heavy (non-hydrogen) atoms. The minimum absolute atomic E-state index is 0.605. The van der Waals surface area contributed by atoms with Crippen LogP contribution in [-0.4, -0.2) is 55.3 Å². The average Bonchev–Trinajstić information content (AvgIpc) is 2.48. The van der Waals surface area contributed by atoms with E-state index in [1.807, 2.05) is 0 Å². The fourth-order valence-corrected chi connectivity index (χ4v) is 1.62. The van der Waals surface area contributed by atoms with Crippen molar-refractivity contribution in [3.8, 4) is 0 Å². The summed E-state index contributed by atoms with van der Waals surface area (Å²) < 4.78 is 108. The highest BCUT2D eigenvalue weighted by atomic mass is 32.2. The zero-order chi connectivity index (χ0) is 21.7. The molecule has 14 heteroatoms. The second-order valence-electron chi connectivity index (χ2n) is 4.88. The molecule has 0 heterocycles. The lowest BCUT2D eigenvalue weighted by Crippen LogP contribution is -2.58. The first-order valence-electron chi connectivity index (χ1n) is 6.74. The number of alkyl halides is 5. The molecule has 156 valence electrons. The lowest BCUT2D eigenvalue weighted by atomic mass is 10.2. The van der Waals surface area contributed by atoms with Gasteiger partial charge in [-0.3, -0.25) is 4.55 Å². The van der Waals surface area contributed by atoms with E-state index in [1.165, 1.54) is 0 Å². The predicted octanol–water partition coefficient (Wildman–Crippen LogP) is 1.98. The number of halogens is 5. The number of ether oxygens (including phenoxy) is 3. The lowest BCUT2D eigenvalue weighted by Gasteiger charge is -2.32. The maximum Gasteiger partial charge on any atom is 0.468 e. The third-order valence-corrected chi connectivity index (χ3v) is 3.59. The Morgan fingerprint density at radius 1 is 1.19 bits per heavy atom. The van der Waals surface area contributed by atoms with E-state index in [-0.39, 0.29) is 0 Å². The van der Waals surface area contributed by atoms with Crippen molar-refractivity contribution in [2.75, 3.05) is 13.2 Å². The van der Waals surface area contributed by atoms with Gasteiger partial charge in [0.15, 0.2) is 0 Å². The van der Waals surface area contributed by atoms with Crippen LogP contribution in [0.3, 0.4) is 0 Å². The molecule has 0 aliphatic rings. The Kier molecular flexibility index (Phi) is 8.08. The number of carbonyl (C=O) groups excluding carboxylic acids is 2. The quantitative estimate of drug-likeness (QED) is 0.141. The molecule has 0 radical (unpaired) electrons. The standard InChI is InChI=1S/C13H15F5O8S/c1-4-6-24-10(20)12(13(16,17)18,26-9(19)8(2)3)25-7-5-11(14,15)27(21,22)23/h4H,1-2,5-7H2,3H3,(H,21,22,23). The minimum Gasteiger partial charge on any atom is -0.456 e. The maximum absolute atomic E-state index is 13.4. The van der Waals surface area contributed by atoms with Gasteiger partial charge in [-0.1, -0.05) is 19.2 Å². The summed E-state index contributed by atoms with van der Waals surface area (Å²) in [5, 5.41) is -4.90. The molecule has 0 aromatic carbocycles. The van der Waals surface area contributed by atoms with E-state index in [0.29, 0.717) is 0 Å². The summed E-state index contributed by atoms with van der Waals surface area (Å²) in [4.78, 5) is 23.3. The summed E-state index contributed by atoms with van der Waals surface area (Å²) >= 11 is 0. The molecule has 0 bridgehead atoms. The van der Waals surface area contributed by atoms with Gasteiger partial charge in [0.1, 0.15) is 6.61 Å². The summed E-state index contributed by atoms with van der Waals surface area (Å²) in [7, 11) is -5.97. The molecule has 0 aromatic heterocycles. The fraction of sp³-hybridized carbons (Fsp3) is 0.538. The molecule has 0 saturated heterocycles. The molecule has 0 spiro atoms. The third kappa shape index (κ3) is 6.25. The second-order valence-corrected chi connectivity index (χ2v) is 6.43. The van der Waals surface area contributed by atoms with Gasteiger partial charge in [-0.15, -0.1) is 0 Å². The van der Waals surface area contributed by atoms with Crippen molar-refractivity contribution >= 4 is 22.1 Å². The monoisotopic (exact) mass is 426 g/mol. The number of esters is 2. The van der Waals surface area contributed by atoms with Crippen molar-refractivity contribution in [3.63, 3.8) is 0 Å². The number of carbonyl (C=O) groups is 2. The molecular weight excluding hydrogens is 411 g/mol. The Bertz CT molecular complexity index is 700. The van der Waals surface area contributed by atoms with Gasteiger partial charge in [0, 0.05) is 5.57 Å². The molecule has 0 saturated carbocycles. The van der Waals surface area contributed by atoms with Crippen LogP contribution in [0.1, 0.15) is 13.3 Å². The summed E-state index contributed by atoms with van der Waals surface area (Å²) in [6, 6.07) is 0. The van der Waals surface area contributed by atoms with Crippen molar-refractivity contribution in [2.45, 2.75) is 30.6 Å². The SMILES string of the molecule is C=CCOC(=O)C(OCCC(F)(F)S(=O)(=O)O)(OC(=O)C(=C)C)C(F)(F)F. The van der Waals surface area contributed by atoms with Crippen molar-refractivity contribution in [1.29, 1.82) is 0 Å². The molecule has 8 nitrogen and oxygen atoms in total. The molecule has 0 aliphatic carbocycles. The van der Waals surface area contributed by atoms with Gasteiger partial charge in [0.25, 0.3) is 0 Å². The van der Waals surface area contributed by atoms with E-state index in [4.69, 9.17) is 4.55 Å². The normalized spacial score (nSPS) is 14.8. The van der Waals surface area contributed by atoms with Gasteiger partial charge in [0.2, 0.25) is 0 Å². The van der Waals surface area contributed by atoms with Gasteiger partial charge < -0.3 is 14.2 Å². The number of rotatable bonds is 10. The molecule has 0 fully saturated rings. The maximum atomic E-state index is 13.4. The molecule has 0 rings (SSSR count). The van der Waals surface area contributed by atoms with Crippen LogP contribution in [0.4, 0.5) is 22.0 Å². The van der Waals surface area contributed by atoms with Crippen molar-refractivity contribution in [3.05, 3.63) is 24.8 Å². The summed E-state index contributed by atoms with van der Waals surface area (Å²) in [5.41, 5.74) is -0.605. The molecular formula is C13H15F5O8S. The summed E-state index contributed by atoms with van der Waals surface area (Å²) in [6.07, 6.45) is -6.96. The first-order chi connectivity index (χ1) is 12.0. The molecule has 1 atom stereocenters. The minimum atomic E-state index is -5.97. The van der Waals surface area contributed by atoms with Gasteiger partial charge in [-0.2, -0.15) is 30.4 Å². The van der Waals surface area contributed by atoms with Crippen molar-refractivity contribution < 1.29 is 58.7 Å². The summed E-state index contributed by atoms with van der Waals surface area (Å²) in [6.45, 7) is 4.43. The van der Waals surface area contributed by atoms with Gasteiger partial charge in [0.05, 0.1) is 13.0 Å². The number of hydrogen-bond donors (Lipinski definition) is 1. The smallest absolute Gasteiger partial charge is 0.456 e. The average molecular weight is 426 g/mol. The first-order valence-corrected chi connectivity index (χ1v) is 8.18. The fourth-order valence-electron chi connectivity index (χ4n) is 1.28. The van der Waals surface area contributed by atoms with Crippen LogP contribution in [0.2, 0.25) is 0 Å². The molecule has 0 amide bonds. The van der Waals surface area contributed by atoms with E-state index in [1.54, 1.807) is 0 Å². The van der Waals surface area contributed by atoms with Gasteiger partial charge in [-0.25, -0.2) is 9.59 Å². The van der Waals surface area contributed by atoms with Crippen LogP contribution in [-0.2, 0) is 33.9 Å². The van der Waals surface area contributed by atoms with Crippen LogP contribution < -0.4 is 0 Å². The van der Waals surface area contributed by atoms with Gasteiger partial charge in [-0.05, 0) is 6.92 Å². The molecule has 1 N–H and O–H groups in total. The Morgan fingerprint density at radius 3 is 2.07 bits per heavy atom. The lowest BCUT2D eigenvalue weighted by molar-refractivity contribution is -0.355. The predicted molar refractivity (Wildman–Crippen MR) is 77.9 cm³/mol. The van der Waals surface area contributed by atoms with E-state index < -0.39 is 64.5 Å². The first kappa shape index (κ1) is 24.9. The van der Waals surface area contributed by atoms with Crippen LogP contribution in [0.25, 0.3) is 0 Å². The Morgan fingerprint density at radius 2 is 1.70 bits per heavy atom. The van der Waals surface area contributed by atoms with Gasteiger partial charge >= 0.3 is 39.3 Å². The zero-order valence-corrected chi connectivity index (χ0v) is 14.5. The highest BCUT2D eigenvalue weighted by Crippen LogP contribution is 2.38. The molecule has 1 unspecified atom stereocenters. The van der Waals surface area contributed by atoms with Crippen LogP contribution >= 0.6 is 0 Å². The van der Waals surface area contributed by atoms with E-state index in [2.05, 4.69) is 27.4 Å². The second kappa shape index (κ2) is 8.75. The largest absolute Gasteiger partial charge is 0.468 e. The highest BCUT2D eigenvalue weighted by Gasteiger charge is 2.68. The molecule has 0 aliphatic heterocycles. The van der Waals surface area contributed by atoms with Crippen molar-refractivity contribution in [1.82, 2.24) is 0 Å². The zero-order valence-electron chi connectivity index (χ0n) is 13.7. The Labute approximate surface area is 150 Å². The third-order valence-electron chi connectivity index (χ3n) is 2.63. The number of hydrogen-bond acceptors (Lipinski definition) is 7. The Balaban J connectivity index is 5.85. The van der Waals surface area contributed by atoms with E-state index >= 15 is 0 Å². The van der Waals surface area contributed by atoms with Crippen LogP contribution in [0.15, 0.2) is 24.8 Å². The van der Waals surface area contributed by atoms with E-state index in [9.17, 15) is 40.0 Å². The van der Waals surface area contributed by atoms with Crippen LogP contribution in [0, 0.1) is 0 Å². The highest BCUT2D eigenvalue weighted by molar-refractivity contribution is 7.86. The Hall–Kier alpha value is -2.06. The van der Waals surface area contributed by atoms with Crippen LogP contribution in [0.5, 0.6) is 0 Å². The summed E-state index contributed by atoms with van der Waals surface area (Å²) in [5.74, 6) is -8.59.